The summed E-state index contributed by atoms with van der Waals surface area (Å²) in [6, 6.07) is 8.59. The first kappa shape index (κ1) is 20.3. The van der Waals surface area contributed by atoms with Crippen LogP contribution in [0.25, 0.3) is 0 Å². The monoisotopic (exact) mass is 419 g/mol. The summed E-state index contributed by atoms with van der Waals surface area (Å²) in [5, 5.41) is 5.80. The molecule has 0 fully saturated rings. The van der Waals surface area contributed by atoms with Crippen LogP contribution in [-0.2, 0) is 16.0 Å². The zero-order chi connectivity index (χ0) is 21.0. The Bertz CT molecular complexity index is 1090. The minimum absolute atomic E-state index is 0.0781. The van der Waals surface area contributed by atoms with Crippen LogP contribution < -0.4 is 10.9 Å². The highest BCUT2D eigenvalue weighted by molar-refractivity contribution is 6.29. The number of esters is 1. The fourth-order valence-electron chi connectivity index (χ4n) is 2.67. The van der Waals surface area contributed by atoms with Crippen molar-refractivity contribution in [3.63, 3.8) is 0 Å². The third kappa shape index (κ3) is 4.69. The van der Waals surface area contributed by atoms with Crippen LogP contribution in [-0.4, -0.2) is 28.7 Å². The van der Waals surface area contributed by atoms with Crippen molar-refractivity contribution < 1.29 is 23.2 Å². The van der Waals surface area contributed by atoms with Crippen LogP contribution in [0.1, 0.15) is 22.1 Å². The quantitative estimate of drug-likeness (QED) is 0.616. The average Bonchev–Trinajstić information content (AvgIpc) is 3.15. The molecule has 0 saturated carbocycles. The van der Waals surface area contributed by atoms with Gasteiger partial charge in [-0.1, -0.05) is 17.3 Å². The van der Waals surface area contributed by atoms with Gasteiger partial charge < -0.3 is 14.6 Å². The highest BCUT2D eigenvalue weighted by atomic mass is 35.5. The number of halogens is 2. The molecule has 10 heteroatoms. The van der Waals surface area contributed by atoms with Gasteiger partial charge in [-0.25, -0.2) is 9.18 Å². The van der Waals surface area contributed by atoms with Crippen LogP contribution in [0.4, 0.5) is 10.1 Å². The summed E-state index contributed by atoms with van der Waals surface area (Å²) in [6.07, 6.45) is 1.49. The number of ether oxygens (including phenoxy) is 1. The van der Waals surface area contributed by atoms with E-state index >= 15 is 0 Å². The van der Waals surface area contributed by atoms with Crippen molar-refractivity contribution in [2.75, 3.05) is 12.4 Å². The molecule has 2 heterocycles. The van der Waals surface area contributed by atoms with Crippen molar-refractivity contribution in [2.45, 2.75) is 12.5 Å². The SMILES string of the molecule is COC(=O)[C@H](Cc1ccc(F)cc1)n1cccc(NC(=O)c2cc(Cl)on2)c1=O. The van der Waals surface area contributed by atoms with Crippen molar-refractivity contribution in [1.82, 2.24) is 9.72 Å². The largest absolute Gasteiger partial charge is 0.467 e. The minimum atomic E-state index is -1.02. The number of nitrogens with one attached hydrogen (secondary N) is 1. The Morgan fingerprint density at radius 1 is 1.31 bits per heavy atom. The van der Waals surface area contributed by atoms with E-state index < -0.39 is 29.3 Å². The second kappa shape index (κ2) is 8.70. The zero-order valence-electron chi connectivity index (χ0n) is 15.1. The van der Waals surface area contributed by atoms with Crippen LogP contribution in [0.2, 0.25) is 5.22 Å². The molecule has 1 N–H and O–H groups in total. The Morgan fingerprint density at radius 3 is 2.66 bits per heavy atom. The zero-order valence-corrected chi connectivity index (χ0v) is 15.9. The van der Waals surface area contributed by atoms with Gasteiger partial charge in [0.1, 0.15) is 17.5 Å². The lowest BCUT2D eigenvalue weighted by Crippen LogP contribution is -2.33. The fraction of sp³-hybridized carbons (Fsp3) is 0.158. The number of benzene rings is 1. The highest BCUT2D eigenvalue weighted by Crippen LogP contribution is 2.17. The van der Waals surface area contributed by atoms with Crippen LogP contribution >= 0.6 is 11.6 Å². The molecule has 3 rings (SSSR count). The number of rotatable bonds is 6. The Balaban J connectivity index is 1.91. The van der Waals surface area contributed by atoms with E-state index in [0.29, 0.717) is 5.56 Å². The van der Waals surface area contributed by atoms with E-state index in [1.807, 2.05) is 0 Å². The van der Waals surface area contributed by atoms with Crippen LogP contribution in [0.5, 0.6) is 0 Å². The van der Waals surface area contributed by atoms with E-state index in [1.165, 1.54) is 55.8 Å². The van der Waals surface area contributed by atoms with E-state index in [-0.39, 0.29) is 23.0 Å². The molecule has 3 aromatic rings. The Labute approximate surface area is 168 Å². The maximum absolute atomic E-state index is 13.1. The van der Waals surface area contributed by atoms with Gasteiger partial charge in [0, 0.05) is 18.7 Å². The summed E-state index contributed by atoms with van der Waals surface area (Å²) in [5.41, 5.74) is -0.196. The number of nitrogens with zero attached hydrogens (tertiary/aromatic N) is 2. The molecule has 0 bridgehead atoms. The van der Waals surface area contributed by atoms with Gasteiger partial charge in [0.15, 0.2) is 5.69 Å². The van der Waals surface area contributed by atoms with E-state index in [0.717, 1.165) is 4.57 Å². The van der Waals surface area contributed by atoms with Gasteiger partial charge in [0.05, 0.1) is 7.11 Å². The van der Waals surface area contributed by atoms with Gasteiger partial charge in [-0.15, -0.1) is 0 Å². The fourth-order valence-corrected chi connectivity index (χ4v) is 2.81. The molecule has 0 aliphatic heterocycles. The predicted molar refractivity (Wildman–Crippen MR) is 101 cm³/mol. The van der Waals surface area contributed by atoms with Gasteiger partial charge in [0.25, 0.3) is 11.5 Å². The second-order valence-electron chi connectivity index (χ2n) is 5.97. The Kier molecular flexibility index (Phi) is 6.08. The van der Waals surface area contributed by atoms with Gasteiger partial charge in [-0.3, -0.25) is 14.2 Å². The number of anilines is 1. The molecular weight excluding hydrogens is 405 g/mol. The lowest BCUT2D eigenvalue weighted by Gasteiger charge is -2.18. The summed E-state index contributed by atoms with van der Waals surface area (Å²) < 4.78 is 23.7. The Morgan fingerprint density at radius 2 is 2.03 bits per heavy atom. The molecule has 0 saturated heterocycles. The standard InChI is InChI=1S/C19H15ClFN3O5/c1-28-19(27)15(9-11-4-6-12(21)7-5-11)24-8-2-3-13(18(24)26)22-17(25)14-10-16(20)29-23-14/h2-8,10,15H,9H2,1H3,(H,22,25)/t15-/m0/s1. The third-order valence-electron chi connectivity index (χ3n) is 4.09. The minimum Gasteiger partial charge on any atom is -0.467 e. The molecule has 0 aliphatic rings. The number of carbonyl (C=O) groups excluding carboxylic acids is 2. The molecule has 150 valence electrons. The van der Waals surface area contributed by atoms with Crippen LogP contribution in [0.3, 0.4) is 0 Å². The predicted octanol–water partition coefficient (Wildman–Crippen LogP) is 2.84. The summed E-state index contributed by atoms with van der Waals surface area (Å²) >= 11 is 5.59. The molecule has 0 unspecified atom stereocenters. The smallest absolute Gasteiger partial charge is 0.329 e. The van der Waals surface area contributed by atoms with E-state index in [1.54, 1.807) is 0 Å². The van der Waals surface area contributed by atoms with Crippen molar-refractivity contribution in [3.8, 4) is 0 Å². The number of pyridine rings is 1. The van der Waals surface area contributed by atoms with Gasteiger partial charge >= 0.3 is 5.97 Å². The van der Waals surface area contributed by atoms with E-state index in [4.69, 9.17) is 16.3 Å². The highest BCUT2D eigenvalue weighted by Gasteiger charge is 2.24. The lowest BCUT2D eigenvalue weighted by atomic mass is 10.1. The summed E-state index contributed by atoms with van der Waals surface area (Å²) in [7, 11) is 1.20. The molecule has 8 nitrogen and oxygen atoms in total. The van der Waals surface area contributed by atoms with Crippen molar-refractivity contribution in [3.05, 3.63) is 81.3 Å². The number of hydrogen-bond donors (Lipinski definition) is 1. The molecular formula is C19H15ClFN3O5. The van der Waals surface area contributed by atoms with Gasteiger partial charge in [-0.2, -0.15) is 0 Å². The Hall–Kier alpha value is -3.46. The molecule has 1 aromatic carbocycles. The number of methoxy groups -OCH3 is 1. The lowest BCUT2D eigenvalue weighted by molar-refractivity contribution is -0.144. The number of hydrogen-bond acceptors (Lipinski definition) is 6. The maximum atomic E-state index is 13.1. The van der Waals surface area contributed by atoms with Crippen molar-refractivity contribution in [2.24, 2.45) is 0 Å². The topological polar surface area (TPSA) is 103 Å². The third-order valence-corrected chi connectivity index (χ3v) is 4.27. The van der Waals surface area contributed by atoms with Crippen molar-refractivity contribution in [1.29, 1.82) is 0 Å². The van der Waals surface area contributed by atoms with E-state index in [9.17, 15) is 18.8 Å². The van der Waals surface area contributed by atoms with Gasteiger partial charge in [0.2, 0.25) is 5.22 Å². The first-order valence-corrected chi connectivity index (χ1v) is 8.74. The van der Waals surface area contributed by atoms with Gasteiger partial charge in [-0.05, 0) is 41.4 Å². The molecule has 2 aromatic heterocycles. The first-order chi connectivity index (χ1) is 13.9. The summed E-state index contributed by atoms with van der Waals surface area (Å²) in [5.74, 6) is -1.79. The maximum Gasteiger partial charge on any atom is 0.329 e. The number of carbonyl (C=O) groups is 2. The van der Waals surface area contributed by atoms with Crippen molar-refractivity contribution >= 4 is 29.2 Å². The average molecular weight is 420 g/mol. The second-order valence-corrected chi connectivity index (χ2v) is 6.35. The molecule has 29 heavy (non-hydrogen) atoms. The van der Waals surface area contributed by atoms with Crippen LogP contribution in [0.15, 0.2) is 58.0 Å². The normalized spacial score (nSPS) is 11.7. The van der Waals surface area contributed by atoms with Crippen LogP contribution in [0, 0.1) is 5.82 Å². The molecule has 1 amide bonds. The summed E-state index contributed by atoms with van der Waals surface area (Å²) in [6.45, 7) is 0. The molecule has 1 atom stereocenters. The van der Waals surface area contributed by atoms with E-state index in [2.05, 4.69) is 15.0 Å². The number of amides is 1. The number of aromatic nitrogens is 2. The molecule has 0 spiro atoms. The summed E-state index contributed by atoms with van der Waals surface area (Å²) in [4.78, 5) is 37.4. The first-order valence-electron chi connectivity index (χ1n) is 8.36. The molecule has 0 aliphatic carbocycles. The molecule has 0 radical (unpaired) electrons.